The molecule has 1 amide bonds. The number of pyridine rings is 1. The summed E-state index contributed by atoms with van der Waals surface area (Å²) in [7, 11) is -0.884. The van der Waals surface area contributed by atoms with Gasteiger partial charge in [0.1, 0.15) is 0 Å². The summed E-state index contributed by atoms with van der Waals surface area (Å²) in [5.74, 6) is 0. The van der Waals surface area contributed by atoms with Gasteiger partial charge in [-0.05, 0) is 51.3 Å². The number of rotatable bonds is 10. The molecule has 0 radical (unpaired) electrons. The Bertz CT molecular complexity index is 1080. The number of aliphatic hydroxyl groups excluding tert-OH is 1. The summed E-state index contributed by atoms with van der Waals surface area (Å²) < 4.78 is 0. The molecule has 3 rings (SSSR count). The van der Waals surface area contributed by atoms with Gasteiger partial charge < -0.3 is 15.7 Å². The number of amides is 1. The highest BCUT2D eigenvalue weighted by Gasteiger charge is 2.18. The van der Waals surface area contributed by atoms with Crippen LogP contribution in [0.3, 0.4) is 0 Å². The molecule has 1 atom stereocenters. The van der Waals surface area contributed by atoms with Gasteiger partial charge in [0.15, 0.2) is 0 Å². The molecule has 0 aliphatic heterocycles. The lowest BCUT2D eigenvalue weighted by molar-refractivity contribution is 0.259. The van der Waals surface area contributed by atoms with Gasteiger partial charge >= 0.3 is 0 Å². The zero-order chi connectivity index (χ0) is 24.6. The molecular formula is C28H36N3O2P. The second-order valence-electron chi connectivity index (χ2n) is 9.39. The van der Waals surface area contributed by atoms with Crippen LogP contribution in [0.15, 0.2) is 66.9 Å². The van der Waals surface area contributed by atoms with Gasteiger partial charge in [-0.15, -0.1) is 0 Å². The number of nitrogens with one attached hydrogen (secondary N) is 2. The highest BCUT2D eigenvalue weighted by atomic mass is 31.1. The van der Waals surface area contributed by atoms with Crippen LogP contribution in [-0.4, -0.2) is 21.9 Å². The Morgan fingerprint density at radius 1 is 0.971 bits per heavy atom. The molecule has 2 aromatic carbocycles. The third-order valence-electron chi connectivity index (χ3n) is 5.82. The van der Waals surface area contributed by atoms with Gasteiger partial charge in [0, 0.05) is 33.8 Å². The minimum absolute atomic E-state index is 0.0394. The van der Waals surface area contributed by atoms with Crippen LogP contribution in [0.4, 0.5) is 4.79 Å². The summed E-state index contributed by atoms with van der Waals surface area (Å²) in [4.78, 5) is 17.3. The lowest BCUT2D eigenvalue weighted by Crippen LogP contribution is -2.24. The van der Waals surface area contributed by atoms with Crippen LogP contribution in [0.1, 0.15) is 55.6 Å². The third-order valence-corrected chi connectivity index (χ3v) is 8.02. The normalized spacial score (nSPS) is 12.4. The fourth-order valence-electron chi connectivity index (χ4n) is 3.80. The molecule has 0 fully saturated rings. The maximum absolute atomic E-state index is 12.8. The van der Waals surface area contributed by atoms with E-state index in [1.807, 2.05) is 54.7 Å². The van der Waals surface area contributed by atoms with E-state index in [0.717, 1.165) is 33.9 Å². The maximum Gasteiger partial charge on any atom is 0.245 e. The highest BCUT2D eigenvalue weighted by Crippen LogP contribution is 2.34. The van der Waals surface area contributed by atoms with Gasteiger partial charge in [-0.2, -0.15) is 0 Å². The van der Waals surface area contributed by atoms with Crippen molar-refractivity contribution in [1.82, 2.24) is 15.6 Å². The molecule has 34 heavy (non-hydrogen) atoms. The van der Waals surface area contributed by atoms with Crippen molar-refractivity contribution in [3.05, 3.63) is 94.8 Å². The van der Waals surface area contributed by atoms with E-state index in [4.69, 9.17) is 0 Å². The lowest BCUT2D eigenvalue weighted by atomic mass is 9.87. The number of hydrogen-bond acceptors (Lipinski definition) is 4. The first-order chi connectivity index (χ1) is 16.3. The number of aliphatic hydroxyl groups is 1. The van der Waals surface area contributed by atoms with E-state index in [2.05, 4.69) is 55.4 Å². The van der Waals surface area contributed by atoms with Gasteiger partial charge in [0.25, 0.3) is 0 Å². The van der Waals surface area contributed by atoms with Crippen molar-refractivity contribution in [3.63, 3.8) is 0 Å². The molecule has 0 aliphatic rings. The SMILES string of the molecule is CCP(C(=O)NCc1ccc(CNCc2cc(C(C)(C)C)ccn2)c(CO)c1)c1ccccc1. The molecule has 1 heterocycles. The molecule has 180 valence electrons. The van der Waals surface area contributed by atoms with Gasteiger partial charge in [-0.3, -0.25) is 9.78 Å². The van der Waals surface area contributed by atoms with E-state index < -0.39 is 7.92 Å². The molecule has 0 bridgehead atoms. The smallest absolute Gasteiger partial charge is 0.245 e. The summed E-state index contributed by atoms with van der Waals surface area (Å²) in [5.41, 5.74) is 5.35. The van der Waals surface area contributed by atoms with Gasteiger partial charge in [-0.25, -0.2) is 0 Å². The summed E-state index contributed by atoms with van der Waals surface area (Å²) in [6.07, 6.45) is 2.67. The van der Waals surface area contributed by atoms with E-state index in [0.29, 0.717) is 19.6 Å². The number of carbonyl (C=O) groups excluding carboxylic acids is 1. The molecular weight excluding hydrogens is 441 g/mol. The van der Waals surface area contributed by atoms with Crippen molar-refractivity contribution in [2.75, 3.05) is 6.16 Å². The lowest BCUT2D eigenvalue weighted by Gasteiger charge is -2.19. The zero-order valence-corrected chi connectivity index (χ0v) is 21.5. The van der Waals surface area contributed by atoms with Gasteiger partial charge in [-0.1, -0.05) is 76.2 Å². The minimum Gasteiger partial charge on any atom is -0.392 e. The van der Waals surface area contributed by atoms with Crippen LogP contribution >= 0.6 is 7.92 Å². The molecule has 1 unspecified atom stereocenters. The van der Waals surface area contributed by atoms with Crippen molar-refractivity contribution in [2.24, 2.45) is 0 Å². The van der Waals surface area contributed by atoms with E-state index in [1.165, 1.54) is 5.56 Å². The monoisotopic (exact) mass is 477 g/mol. The second-order valence-corrected chi connectivity index (χ2v) is 11.8. The molecule has 0 spiro atoms. The summed E-state index contributed by atoms with van der Waals surface area (Å²) in [5, 5.41) is 17.5. The summed E-state index contributed by atoms with van der Waals surface area (Å²) in [6, 6.07) is 20.2. The summed E-state index contributed by atoms with van der Waals surface area (Å²) >= 11 is 0. The number of carbonyl (C=O) groups is 1. The highest BCUT2D eigenvalue weighted by molar-refractivity contribution is 7.81. The summed E-state index contributed by atoms with van der Waals surface area (Å²) in [6.45, 7) is 10.4. The molecule has 0 saturated carbocycles. The molecule has 6 heteroatoms. The Labute approximate surface area is 204 Å². The van der Waals surface area contributed by atoms with Gasteiger partial charge in [0.2, 0.25) is 5.65 Å². The van der Waals surface area contributed by atoms with Crippen LogP contribution in [0.25, 0.3) is 0 Å². The number of hydrogen-bond donors (Lipinski definition) is 3. The Morgan fingerprint density at radius 2 is 1.74 bits per heavy atom. The third kappa shape index (κ3) is 7.20. The van der Waals surface area contributed by atoms with E-state index >= 15 is 0 Å². The molecule has 0 aliphatic carbocycles. The van der Waals surface area contributed by atoms with Crippen molar-refractivity contribution in [1.29, 1.82) is 0 Å². The number of nitrogens with zero attached hydrogens (tertiary/aromatic N) is 1. The molecule has 3 N–H and O–H groups in total. The molecule has 0 saturated heterocycles. The standard InChI is InChI=1S/C28H36N3O2P/c1-5-34(26-9-7-6-8-10-26)27(33)31-17-21-11-12-22(23(15-21)20-32)18-29-19-25-16-24(13-14-30-25)28(2,3)4/h6-16,29,32H,5,17-20H2,1-4H3,(H,31,33). The van der Waals surface area contributed by atoms with Crippen LogP contribution in [0.2, 0.25) is 0 Å². The fraction of sp³-hybridized carbons (Fsp3) is 0.357. The largest absolute Gasteiger partial charge is 0.392 e. The first-order valence-electron chi connectivity index (χ1n) is 11.8. The van der Waals surface area contributed by atoms with Crippen LogP contribution < -0.4 is 15.9 Å². The second kappa shape index (κ2) is 12.2. The Hall–Kier alpha value is -2.59. The topological polar surface area (TPSA) is 74.2 Å². The Kier molecular flexibility index (Phi) is 9.35. The van der Waals surface area contributed by atoms with Gasteiger partial charge in [0.05, 0.1) is 12.3 Å². The number of aromatic nitrogens is 1. The zero-order valence-electron chi connectivity index (χ0n) is 20.6. The maximum atomic E-state index is 12.8. The van der Waals surface area contributed by atoms with E-state index in [1.54, 1.807) is 0 Å². The molecule has 1 aromatic heterocycles. The molecule has 5 nitrogen and oxygen atoms in total. The quantitative estimate of drug-likeness (QED) is 0.351. The first kappa shape index (κ1) is 26.0. The number of benzene rings is 2. The van der Waals surface area contributed by atoms with Crippen molar-refractivity contribution < 1.29 is 9.90 Å². The van der Waals surface area contributed by atoms with Crippen molar-refractivity contribution >= 4 is 18.9 Å². The van der Waals surface area contributed by atoms with E-state index in [9.17, 15) is 9.90 Å². The average Bonchev–Trinajstić information content (AvgIpc) is 2.84. The van der Waals surface area contributed by atoms with E-state index in [-0.39, 0.29) is 17.7 Å². The Morgan fingerprint density at radius 3 is 2.41 bits per heavy atom. The minimum atomic E-state index is -0.884. The van der Waals surface area contributed by atoms with Crippen molar-refractivity contribution in [2.45, 2.75) is 59.4 Å². The van der Waals surface area contributed by atoms with Crippen LogP contribution in [0.5, 0.6) is 0 Å². The fourth-order valence-corrected chi connectivity index (χ4v) is 5.49. The van der Waals surface area contributed by atoms with Crippen LogP contribution in [0, 0.1) is 0 Å². The average molecular weight is 478 g/mol. The van der Waals surface area contributed by atoms with Crippen molar-refractivity contribution in [3.8, 4) is 0 Å². The molecule has 3 aromatic rings. The first-order valence-corrected chi connectivity index (χ1v) is 13.3. The predicted octanol–water partition coefficient (Wildman–Crippen LogP) is 5.20. The predicted molar refractivity (Wildman–Crippen MR) is 142 cm³/mol. The van der Waals surface area contributed by atoms with Crippen LogP contribution in [-0.2, 0) is 31.7 Å². The Balaban J connectivity index is 1.57.